The first-order valence-electron chi connectivity index (χ1n) is 13.2. The number of hydrogen-bond donors (Lipinski definition) is 1. The van der Waals surface area contributed by atoms with Gasteiger partial charge in [-0.05, 0) is 58.1 Å². The summed E-state index contributed by atoms with van der Waals surface area (Å²) in [6.07, 6.45) is 4.78. The predicted molar refractivity (Wildman–Crippen MR) is 153 cm³/mol. The number of carboxylic acids is 1. The molecule has 0 radical (unpaired) electrons. The summed E-state index contributed by atoms with van der Waals surface area (Å²) in [5, 5.41) is 18.6. The lowest BCUT2D eigenvalue weighted by molar-refractivity contribution is -0.148. The molecule has 0 unspecified atom stereocenters. The lowest BCUT2D eigenvalue weighted by Gasteiger charge is -2.35. The van der Waals surface area contributed by atoms with Crippen LogP contribution in [-0.4, -0.2) is 63.0 Å². The fourth-order valence-corrected chi connectivity index (χ4v) is 6.20. The average molecular weight is 575 g/mol. The number of thiocarbonyl (C=S) groups is 1. The van der Waals surface area contributed by atoms with Gasteiger partial charge in [0.1, 0.15) is 21.8 Å². The zero-order valence-corrected chi connectivity index (χ0v) is 24.2. The molecule has 2 fully saturated rings. The monoisotopic (exact) mass is 574 g/mol. The largest absolute Gasteiger partial charge is 0.481 e. The zero-order valence-electron chi connectivity index (χ0n) is 22.5. The van der Waals surface area contributed by atoms with Crippen molar-refractivity contribution in [1.29, 1.82) is 5.26 Å². The van der Waals surface area contributed by atoms with Crippen LogP contribution in [0.5, 0.6) is 0 Å². The van der Waals surface area contributed by atoms with E-state index in [1.807, 2.05) is 17.9 Å². The van der Waals surface area contributed by atoms with Crippen molar-refractivity contribution in [3.63, 3.8) is 0 Å². The topological polar surface area (TPSA) is 133 Å². The van der Waals surface area contributed by atoms with Crippen molar-refractivity contribution in [3.05, 3.63) is 31.9 Å². The molecule has 10 nitrogen and oxygen atoms in total. The first-order chi connectivity index (χ1) is 18.6. The number of ether oxygens (including phenoxy) is 1. The number of carboxylic acid groups (broad SMARTS) is 1. The minimum absolute atomic E-state index is 0.0298. The minimum Gasteiger partial charge on any atom is -0.481 e. The van der Waals surface area contributed by atoms with Gasteiger partial charge in [-0.15, -0.1) is 0 Å². The van der Waals surface area contributed by atoms with Gasteiger partial charge in [0.25, 0.3) is 11.5 Å². The van der Waals surface area contributed by atoms with E-state index in [9.17, 15) is 24.4 Å². The Balaban J connectivity index is 1.94. The molecule has 210 valence electrons. The van der Waals surface area contributed by atoms with Gasteiger partial charge in [0, 0.05) is 38.2 Å². The molecule has 12 heteroatoms. The van der Waals surface area contributed by atoms with Gasteiger partial charge < -0.3 is 14.7 Å². The number of nitriles is 1. The van der Waals surface area contributed by atoms with Crippen LogP contribution in [0.2, 0.25) is 0 Å². The van der Waals surface area contributed by atoms with Crippen LogP contribution in [0.15, 0.2) is 9.70 Å². The number of piperidine rings is 1. The van der Waals surface area contributed by atoms with E-state index in [0.29, 0.717) is 91.1 Å². The molecule has 3 rings (SSSR count). The highest BCUT2D eigenvalue weighted by Crippen LogP contribution is 2.37. The van der Waals surface area contributed by atoms with Gasteiger partial charge >= 0.3 is 11.9 Å². The quantitative estimate of drug-likeness (QED) is 0.181. The number of nitrogens with zero attached hydrogens (tertiary/aromatic N) is 4. The number of amides is 1. The van der Waals surface area contributed by atoms with Crippen LogP contribution < -0.4 is 10.5 Å². The molecule has 0 saturated carbocycles. The van der Waals surface area contributed by atoms with Gasteiger partial charge in [-0.3, -0.25) is 28.6 Å². The Morgan fingerprint density at radius 2 is 1.90 bits per heavy atom. The molecule has 0 aromatic carbocycles. The molecule has 1 amide bonds. The number of carbonyl (C=O) groups is 3. The molecule has 3 heterocycles. The van der Waals surface area contributed by atoms with E-state index in [0.717, 1.165) is 0 Å². The van der Waals surface area contributed by atoms with E-state index in [4.69, 9.17) is 22.1 Å². The number of thioether (sulfide) groups is 1. The summed E-state index contributed by atoms with van der Waals surface area (Å²) in [5.41, 5.74) is 0.756. The molecule has 2 saturated heterocycles. The minimum atomic E-state index is -0.843. The smallest absolute Gasteiger partial charge is 0.309 e. The highest BCUT2D eigenvalue weighted by molar-refractivity contribution is 8.26. The Hall–Kier alpha value is -3.17. The number of hydrogen-bond acceptors (Lipinski definition) is 9. The van der Waals surface area contributed by atoms with Gasteiger partial charge in [-0.25, -0.2) is 0 Å². The lowest BCUT2D eigenvalue weighted by Crippen LogP contribution is -2.41. The van der Waals surface area contributed by atoms with Crippen molar-refractivity contribution < 1.29 is 24.2 Å². The number of pyridine rings is 1. The van der Waals surface area contributed by atoms with E-state index in [2.05, 4.69) is 0 Å². The first kappa shape index (κ1) is 30.4. The Labute approximate surface area is 237 Å². The van der Waals surface area contributed by atoms with Crippen LogP contribution in [-0.2, 0) is 25.7 Å². The summed E-state index contributed by atoms with van der Waals surface area (Å²) < 4.78 is 7.17. The molecule has 2 aliphatic rings. The highest BCUT2D eigenvalue weighted by atomic mass is 32.2. The molecule has 0 bridgehead atoms. The summed E-state index contributed by atoms with van der Waals surface area (Å²) in [7, 11) is 0. The number of carbonyl (C=O) groups excluding carboxylic acids is 2. The lowest BCUT2D eigenvalue weighted by atomic mass is 9.95. The maximum Gasteiger partial charge on any atom is 0.309 e. The molecule has 0 aliphatic carbocycles. The Morgan fingerprint density at radius 3 is 2.49 bits per heavy atom. The van der Waals surface area contributed by atoms with Crippen LogP contribution in [0.1, 0.15) is 69.1 Å². The second-order valence-corrected chi connectivity index (χ2v) is 11.1. The molecule has 0 atom stereocenters. The normalized spacial score (nSPS) is 17.1. The number of esters is 1. The van der Waals surface area contributed by atoms with Gasteiger partial charge in [0.2, 0.25) is 0 Å². The second kappa shape index (κ2) is 13.8. The first-order valence-corrected chi connectivity index (χ1v) is 14.4. The summed E-state index contributed by atoms with van der Waals surface area (Å²) in [4.78, 5) is 53.5. The zero-order chi connectivity index (χ0) is 28.7. The molecular formula is C27H34N4O6S2. The van der Waals surface area contributed by atoms with Crippen molar-refractivity contribution in [1.82, 2.24) is 9.47 Å². The second-order valence-electron chi connectivity index (χ2n) is 9.45. The number of rotatable bonds is 11. The van der Waals surface area contributed by atoms with E-state index in [1.54, 1.807) is 24.5 Å². The van der Waals surface area contributed by atoms with Crippen LogP contribution in [0, 0.1) is 24.2 Å². The predicted octanol–water partition coefficient (Wildman–Crippen LogP) is 3.67. The van der Waals surface area contributed by atoms with E-state index < -0.39 is 5.97 Å². The molecule has 0 spiro atoms. The standard InChI is InChI=1S/C27H34N4O6S2/c1-4-30-23(29-13-10-18(11-14-29)26(36)37-5-2)19(17(3)20(16-28)24(30)34)15-21-25(35)31(27(38)39-21)12-8-6-7-9-22(32)33/h15,18H,4-14H2,1-3H3,(H,32,33)/b21-15+. The molecule has 1 aromatic rings. The van der Waals surface area contributed by atoms with Crippen molar-refractivity contribution in [3.8, 4) is 6.07 Å². The van der Waals surface area contributed by atoms with E-state index in [-0.39, 0.29) is 35.3 Å². The Bertz CT molecular complexity index is 1270. The van der Waals surface area contributed by atoms with Crippen LogP contribution in [0.3, 0.4) is 0 Å². The van der Waals surface area contributed by atoms with Gasteiger partial charge in [-0.2, -0.15) is 5.26 Å². The third-order valence-corrected chi connectivity index (χ3v) is 8.38. The van der Waals surface area contributed by atoms with Crippen molar-refractivity contribution in [2.24, 2.45) is 5.92 Å². The average Bonchev–Trinajstić information content (AvgIpc) is 3.17. The van der Waals surface area contributed by atoms with E-state index in [1.165, 1.54) is 16.7 Å². The Morgan fingerprint density at radius 1 is 1.21 bits per heavy atom. The summed E-state index contributed by atoms with van der Waals surface area (Å²) >= 11 is 6.64. The van der Waals surface area contributed by atoms with Crippen molar-refractivity contribution in [2.45, 2.75) is 65.8 Å². The Kier molecular flexibility index (Phi) is 10.7. The summed E-state index contributed by atoms with van der Waals surface area (Å²) in [6.45, 7) is 7.42. The molecule has 1 N–H and O–H groups in total. The molecular weight excluding hydrogens is 540 g/mol. The molecule has 39 heavy (non-hydrogen) atoms. The van der Waals surface area contributed by atoms with Crippen LogP contribution >= 0.6 is 24.0 Å². The fourth-order valence-electron chi connectivity index (χ4n) is 4.91. The van der Waals surface area contributed by atoms with Crippen molar-refractivity contribution in [2.75, 3.05) is 31.1 Å². The fraction of sp³-hybridized carbons (Fsp3) is 0.556. The summed E-state index contributed by atoms with van der Waals surface area (Å²) in [6, 6.07) is 2.03. The third-order valence-electron chi connectivity index (χ3n) is 7.00. The number of aromatic nitrogens is 1. The van der Waals surface area contributed by atoms with Gasteiger partial charge in [-0.1, -0.05) is 30.4 Å². The number of aliphatic carboxylic acids is 1. The van der Waals surface area contributed by atoms with Crippen LogP contribution in [0.4, 0.5) is 5.82 Å². The molecule has 2 aliphatic heterocycles. The van der Waals surface area contributed by atoms with Gasteiger partial charge in [0.05, 0.1) is 17.4 Å². The third kappa shape index (κ3) is 6.89. The number of anilines is 1. The van der Waals surface area contributed by atoms with E-state index >= 15 is 0 Å². The van der Waals surface area contributed by atoms with Crippen LogP contribution in [0.25, 0.3) is 6.08 Å². The SMILES string of the molecule is CCOC(=O)C1CCN(c2c(/C=C3/SC(=S)N(CCCCCC(=O)O)C3=O)c(C)c(C#N)c(=O)n2CC)CC1. The van der Waals surface area contributed by atoms with Crippen molar-refractivity contribution >= 4 is 58.0 Å². The summed E-state index contributed by atoms with van der Waals surface area (Å²) in [5.74, 6) is -0.891. The maximum absolute atomic E-state index is 13.3. The maximum atomic E-state index is 13.3. The number of unbranched alkanes of at least 4 members (excludes halogenated alkanes) is 2. The molecule has 1 aromatic heterocycles. The highest BCUT2D eigenvalue weighted by Gasteiger charge is 2.34. The van der Waals surface area contributed by atoms with Gasteiger partial charge in [0.15, 0.2) is 0 Å².